The van der Waals surface area contributed by atoms with Crippen molar-refractivity contribution >= 4 is 0 Å². The average molecular weight is 287 g/mol. The van der Waals surface area contributed by atoms with Gasteiger partial charge in [0.2, 0.25) is 0 Å². The Balaban J connectivity index is 4.88. The molecule has 0 rings (SSSR count). The van der Waals surface area contributed by atoms with Crippen molar-refractivity contribution in [1.82, 2.24) is 10.2 Å². The normalized spacial score (nSPS) is 16.9. The molecule has 0 saturated carbocycles. The summed E-state index contributed by atoms with van der Waals surface area (Å²) in [6, 6.07) is 1.13. The minimum atomic E-state index is -0.171. The molecule has 2 N–H and O–H groups in total. The van der Waals surface area contributed by atoms with E-state index in [9.17, 15) is 5.11 Å². The third kappa shape index (κ3) is 6.55. The zero-order valence-corrected chi connectivity index (χ0v) is 14.9. The molecule has 0 heterocycles. The second kappa shape index (κ2) is 9.75. The number of nitrogens with zero attached hydrogens (tertiary/aromatic N) is 1. The molecule has 2 unspecified atom stereocenters. The van der Waals surface area contributed by atoms with Crippen LogP contribution in [0.2, 0.25) is 0 Å². The van der Waals surface area contributed by atoms with Crippen LogP contribution in [0.4, 0.5) is 0 Å². The van der Waals surface area contributed by atoms with Crippen LogP contribution in [-0.2, 0) is 0 Å². The zero-order valence-electron chi connectivity index (χ0n) is 14.9. The van der Waals surface area contributed by atoms with E-state index in [0.717, 1.165) is 19.5 Å². The predicted molar refractivity (Wildman–Crippen MR) is 89.2 cm³/mol. The fraction of sp³-hybridized carbons (Fsp3) is 1.00. The Morgan fingerprint density at radius 1 is 1.10 bits per heavy atom. The summed E-state index contributed by atoms with van der Waals surface area (Å²) in [4.78, 5) is 2.65. The molecule has 0 aromatic heterocycles. The third-order valence-electron chi connectivity index (χ3n) is 4.25. The molecular weight excluding hydrogens is 248 g/mol. The number of likely N-dealkylation sites (N-methyl/N-ethyl adjacent to an activating group) is 1. The molecule has 0 aliphatic heterocycles. The van der Waals surface area contributed by atoms with Crippen molar-refractivity contribution < 1.29 is 5.11 Å². The van der Waals surface area contributed by atoms with Crippen LogP contribution in [0.25, 0.3) is 0 Å². The number of aliphatic hydroxyl groups is 1. The lowest BCUT2D eigenvalue weighted by Gasteiger charge is -2.41. The van der Waals surface area contributed by atoms with Crippen LogP contribution in [-0.4, -0.2) is 47.3 Å². The van der Waals surface area contributed by atoms with Crippen molar-refractivity contribution in [1.29, 1.82) is 0 Å². The monoisotopic (exact) mass is 286 g/mol. The first-order valence-electron chi connectivity index (χ1n) is 8.45. The van der Waals surface area contributed by atoms with Gasteiger partial charge in [-0.15, -0.1) is 0 Å². The van der Waals surface area contributed by atoms with E-state index in [1.54, 1.807) is 0 Å². The van der Waals surface area contributed by atoms with Gasteiger partial charge in [-0.3, -0.25) is 4.90 Å². The number of hydrogen-bond donors (Lipinski definition) is 2. The highest BCUT2D eigenvalue weighted by atomic mass is 16.3. The molecular formula is C17H38N2O. The molecule has 0 aromatic carbocycles. The Labute approximate surface area is 127 Å². The van der Waals surface area contributed by atoms with Crippen LogP contribution in [0.1, 0.15) is 67.7 Å². The van der Waals surface area contributed by atoms with Crippen molar-refractivity contribution in [3.8, 4) is 0 Å². The van der Waals surface area contributed by atoms with Gasteiger partial charge < -0.3 is 10.4 Å². The van der Waals surface area contributed by atoms with Gasteiger partial charge in [0.05, 0.1) is 6.61 Å². The molecule has 0 aliphatic rings. The maximum Gasteiger partial charge on any atom is 0.0611 e. The Bertz CT molecular complexity index is 241. The van der Waals surface area contributed by atoms with E-state index >= 15 is 0 Å². The van der Waals surface area contributed by atoms with E-state index in [2.05, 4.69) is 58.7 Å². The molecule has 20 heavy (non-hydrogen) atoms. The fourth-order valence-electron chi connectivity index (χ4n) is 3.26. The minimum Gasteiger partial charge on any atom is -0.394 e. The van der Waals surface area contributed by atoms with E-state index in [4.69, 9.17) is 0 Å². The van der Waals surface area contributed by atoms with Crippen LogP contribution in [0.5, 0.6) is 0 Å². The first kappa shape index (κ1) is 19.9. The Kier molecular flexibility index (Phi) is 9.69. The standard InChI is InChI=1S/C17H38N2O/c1-8-16(9-2)19(12-14(4)5)15(6)11-17(7,13-20)18-10-3/h14-16,18,20H,8-13H2,1-7H3. The van der Waals surface area contributed by atoms with Crippen molar-refractivity contribution in [2.24, 2.45) is 5.92 Å². The van der Waals surface area contributed by atoms with Crippen molar-refractivity contribution in [2.75, 3.05) is 19.7 Å². The summed E-state index contributed by atoms with van der Waals surface area (Å²) in [5.41, 5.74) is -0.171. The van der Waals surface area contributed by atoms with Gasteiger partial charge in [-0.25, -0.2) is 0 Å². The van der Waals surface area contributed by atoms with Crippen LogP contribution in [0, 0.1) is 5.92 Å². The number of nitrogens with one attached hydrogen (secondary N) is 1. The molecule has 3 heteroatoms. The molecule has 0 radical (unpaired) electrons. The summed E-state index contributed by atoms with van der Waals surface area (Å²) in [5.74, 6) is 0.678. The summed E-state index contributed by atoms with van der Waals surface area (Å²) in [6.45, 7) is 17.9. The summed E-state index contributed by atoms with van der Waals surface area (Å²) < 4.78 is 0. The molecule has 0 bridgehead atoms. The fourth-order valence-corrected chi connectivity index (χ4v) is 3.26. The highest BCUT2D eigenvalue weighted by molar-refractivity contribution is 4.88. The molecule has 0 amide bonds. The van der Waals surface area contributed by atoms with E-state index in [-0.39, 0.29) is 12.1 Å². The van der Waals surface area contributed by atoms with Gasteiger partial charge in [-0.2, -0.15) is 0 Å². The molecule has 0 saturated heterocycles. The SMILES string of the molecule is CCNC(C)(CO)CC(C)N(CC(C)C)C(CC)CC. The van der Waals surface area contributed by atoms with Crippen LogP contribution in [0.15, 0.2) is 0 Å². The Hall–Kier alpha value is -0.120. The van der Waals surface area contributed by atoms with Gasteiger partial charge in [-0.1, -0.05) is 34.6 Å². The van der Waals surface area contributed by atoms with Crippen LogP contribution < -0.4 is 5.32 Å². The van der Waals surface area contributed by atoms with E-state index in [0.29, 0.717) is 18.0 Å². The minimum absolute atomic E-state index is 0.171. The lowest BCUT2D eigenvalue weighted by Crippen LogP contribution is -2.52. The highest BCUT2D eigenvalue weighted by Gasteiger charge is 2.30. The average Bonchev–Trinajstić information content (AvgIpc) is 2.38. The van der Waals surface area contributed by atoms with E-state index < -0.39 is 0 Å². The zero-order chi connectivity index (χ0) is 15.8. The Morgan fingerprint density at radius 3 is 2.00 bits per heavy atom. The smallest absolute Gasteiger partial charge is 0.0611 e. The van der Waals surface area contributed by atoms with E-state index in [1.165, 1.54) is 12.8 Å². The predicted octanol–water partition coefficient (Wildman–Crippen LogP) is 3.27. The van der Waals surface area contributed by atoms with Gasteiger partial charge in [0, 0.05) is 24.2 Å². The molecule has 0 spiro atoms. The molecule has 0 aliphatic carbocycles. The summed E-state index contributed by atoms with van der Waals surface area (Å²) in [6.07, 6.45) is 3.38. The van der Waals surface area contributed by atoms with Crippen molar-refractivity contribution in [3.05, 3.63) is 0 Å². The maximum atomic E-state index is 9.70. The second-order valence-corrected chi connectivity index (χ2v) is 6.86. The molecule has 0 aromatic rings. The molecule has 0 fully saturated rings. The van der Waals surface area contributed by atoms with Gasteiger partial charge in [0.1, 0.15) is 0 Å². The number of hydrogen-bond acceptors (Lipinski definition) is 3. The largest absolute Gasteiger partial charge is 0.394 e. The lowest BCUT2D eigenvalue weighted by molar-refractivity contribution is 0.0748. The van der Waals surface area contributed by atoms with Gasteiger partial charge in [0.15, 0.2) is 0 Å². The Morgan fingerprint density at radius 2 is 1.65 bits per heavy atom. The van der Waals surface area contributed by atoms with Crippen LogP contribution in [0.3, 0.4) is 0 Å². The molecule has 3 nitrogen and oxygen atoms in total. The summed E-state index contributed by atoms with van der Waals surface area (Å²) >= 11 is 0. The number of rotatable bonds is 11. The summed E-state index contributed by atoms with van der Waals surface area (Å²) in [7, 11) is 0. The first-order valence-corrected chi connectivity index (χ1v) is 8.45. The molecule has 2 atom stereocenters. The highest BCUT2D eigenvalue weighted by Crippen LogP contribution is 2.22. The maximum absolute atomic E-state index is 9.70. The summed E-state index contributed by atoms with van der Waals surface area (Å²) in [5, 5.41) is 13.1. The number of aliphatic hydroxyl groups excluding tert-OH is 1. The van der Waals surface area contributed by atoms with Gasteiger partial charge >= 0.3 is 0 Å². The van der Waals surface area contributed by atoms with Crippen molar-refractivity contribution in [3.63, 3.8) is 0 Å². The lowest BCUT2D eigenvalue weighted by atomic mass is 9.91. The van der Waals surface area contributed by atoms with Gasteiger partial charge in [-0.05, 0) is 45.6 Å². The topological polar surface area (TPSA) is 35.5 Å². The molecule has 122 valence electrons. The van der Waals surface area contributed by atoms with E-state index in [1.807, 2.05) is 0 Å². The third-order valence-corrected chi connectivity index (χ3v) is 4.25. The van der Waals surface area contributed by atoms with Gasteiger partial charge in [0.25, 0.3) is 0 Å². The first-order chi connectivity index (χ1) is 9.33. The van der Waals surface area contributed by atoms with Crippen LogP contribution >= 0.6 is 0 Å². The second-order valence-electron chi connectivity index (χ2n) is 6.86. The quantitative estimate of drug-likeness (QED) is 0.612. The van der Waals surface area contributed by atoms with Crippen molar-refractivity contribution in [2.45, 2.75) is 85.4 Å².